The van der Waals surface area contributed by atoms with Crippen molar-refractivity contribution >= 4 is 16.9 Å². The fourth-order valence-electron chi connectivity index (χ4n) is 0.117. The fraction of sp³-hybridized carbons (Fsp3) is 0.167. The monoisotopic (exact) mass is 142 g/mol. The van der Waals surface area contributed by atoms with Gasteiger partial charge in [-0.2, -0.15) is 0 Å². The molecule has 0 bridgehead atoms. The molecule has 0 aliphatic carbocycles. The molecule has 50 valence electrons. The third-order valence-electron chi connectivity index (χ3n) is 0.249. The van der Waals surface area contributed by atoms with Gasteiger partial charge >= 0.3 is 5.97 Å². The number of ether oxygens (including phenoxy) is 1. The Kier molecular flexibility index (Phi) is 27.4. The maximum Gasteiger partial charge on any atom is 0.307 e. The third kappa shape index (κ3) is 40.7. The van der Waals surface area contributed by atoms with Crippen LogP contribution in [0.3, 0.4) is 0 Å². The normalized spacial score (nSPS) is 5.00. The summed E-state index contributed by atoms with van der Waals surface area (Å²) in [5, 5.41) is 0. The van der Waals surface area contributed by atoms with Crippen LogP contribution >= 0.6 is 0 Å². The molecular formula is C6H10O2Si. The van der Waals surface area contributed by atoms with Crippen LogP contribution in [0.15, 0.2) is 26.0 Å². The summed E-state index contributed by atoms with van der Waals surface area (Å²) in [5.41, 5.74) is 0. The van der Waals surface area contributed by atoms with Crippen LogP contribution in [0.25, 0.3) is 0 Å². The molecule has 0 saturated carbocycles. The highest BCUT2D eigenvalue weighted by molar-refractivity contribution is 5.75. The highest BCUT2D eigenvalue weighted by Crippen LogP contribution is 1.70. The molecule has 0 aromatic rings. The predicted octanol–water partition coefficient (Wildman–Crippen LogP) is 1.11. The van der Waals surface area contributed by atoms with E-state index in [1.54, 1.807) is 0 Å². The number of esters is 1. The topological polar surface area (TPSA) is 26.3 Å². The number of hydrogen-bond donors (Lipinski definition) is 0. The van der Waals surface area contributed by atoms with Crippen molar-refractivity contribution in [2.45, 2.75) is 6.92 Å². The summed E-state index contributed by atoms with van der Waals surface area (Å²) < 4.78 is 4.17. The molecule has 4 radical (unpaired) electrons. The van der Waals surface area contributed by atoms with Crippen LogP contribution in [0.2, 0.25) is 0 Å². The predicted molar refractivity (Wildman–Crippen MR) is 39.0 cm³/mol. The first-order valence-corrected chi connectivity index (χ1v) is 2.05. The van der Waals surface area contributed by atoms with Gasteiger partial charge in [0.25, 0.3) is 0 Å². The van der Waals surface area contributed by atoms with Gasteiger partial charge in [0.05, 0.1) is 6.26 Å². The number of rotatable bonds is 1. The van der Waals surface area contributed by atoms with E-state index in [4.69, 9.17) is 0 Å². The molecule has 0 aliphatic rings. The van der Waals surface area contributed by atoms with Crippen LogP contribution in [0, 0.1) is 0 Å². The number of hydrogen-bond acceptors (Lipinski definition) is 2. The Labute approximate surface area is 60.2 Å². The van der Waals surface area contributed by atoms with Gasteiger partial charge in [0, 0.05) is 17.9 Å². The molecular weight excluding hydrogens is 132 g/mol. The van der Waals surface area contributed by atoms with E-state index in [2.05, 4.69) is 24.5 Å². The first-order valence-electron chi connectivity index (χ1n) is 2.05. The zero-order valence-corrected chi connectivity index (χ0v) is 6.52. The lowest BCUT2D eigenvalue weighted by Crippen LogP contribution is -1.87. The van der Waals surface area contributed by atoms with Crippen molar-refractivity contribution in [3.8, 4) is 0 Å². The summed E-state index contributed by atoms with van der Waals surface area (Å²) >= 11 is 0. The SMILES string of the molecule is C=C.C=COC(C)=O.[Si]. The highest BCUT2D eigenvalue weighted by Gasteiger charge is 1.79. The van der Waals surface area contributed by atoms with Gasteiger partial charge in [-0.25, -0.2) is 0 Å². The molecule has 0 rings (SSSR count). The lowest BCUT2D eigenvalue weighted by atomic mass is 10.8. The van der Waals surface area contributed by atoms with Gasteiger partial charge in [-0.1, -0.05) is 6.58 Å². The average molecular weight is 142 g/mol. The maximum absolute atomic E-state index is 9.75. The number of carbonyl (C=O) groups excluding carboxylic acids is 1. The van der Waals surface area contributed by atoms with Gasteiger partial charge in [0.1, 0.15) is 0 Å². The second-order valence-corrected chi connectivity index (χ2v) is 0.776. The van der Waals surface area contributed by atoms with E-state index in [1.165, 1.54) is 6.92 Å². The van der Waals surface area contributed by atoms with E-state index in [1.807, 2.05) is 0 Å². The van der Waals surface area contributed by atoms with E-state index in [0.717, 1.165) is 6.26 Å². The second kappa shape index (κ2) is 15.7. The lowest BCUT2D eigenvalue weighted by Gasteiger charge is -1.83. The molecule has 0 amide bonds. The first kappa shape index (κ1) is 15.7. The zero-order valence-electron chi connectivity index (χ0n) is 5.52. The summed E-state index contributed by atoms with van der Waals surface area (Å²) in [5.74, 6) is -0.329. The van der Waals surface area contributed by atoms with E-state index in [-0.39, 0.29) is 16.9 Å². The lowest BCUT2D eigenvalue weighted by molar-refractivity contribution is -0.135. The summed E-state index contributed by atoms with van der Waals surface area (Å²) in [4.78, 5) is 9.75. The quantitative estimate of drug-likeness (QED) is 0.237. The van der Waals surface area contributed by atoms with Crippen LogP contribution < -0.4 is 0 Å². The Morgan fingerprint density at radius 2 is 1.89 bits per heavy atom. The van der Waals surface area contributed by atoms with E-state index in [0.29, 0.717) is 0 Å². The summed E-state index contributed by atoms with van der Waals surface area (Å²) in [7, 11) is 0. The largest absolute Gasteiger partial charge is 0.435 e. The zero-order chi connectivity index (χ0) is 6.99. The second-order valence-electron chi connectivity index (χ2n) is 0.776. The minimum absolute atomic E-state index is 0. The Morgan fingerprint density at radius 3 is 1.89 bits per heavy atom. The Hall–Kier alpha value is -0.833. The average Bonchev–Trinajstić information content (AvgIpc) is 1.72. The van der Waals surface area contributed by atoms with Crippen molar-refractivity contribution in [3.05, 3.63) is 26.0 Å². The van der Waals surface area contributed by atoms with Gasteiger partial charge in [0.15, 0.2) is 0 Å². The molecule has 0 heterocycles. The molecule has 0 aromatic heterocycles. The van der Waals surface area contributed by atoms with Gasteiger partial charge in [-0.05, 0) is 0 Å². The molecule has 0 N–H and O–H groups in total. The smallest absolute Gasteiger partial charge is 0.307 e. The summed E-state index contributed by atoms with van der Waals surface area (Å²) in [6.07, 6.45) is 1.10. The van der Waals surface area contributed by atoms with E-state index >= 15 is 0 Å². The van der Waals surface area contributed by atoms with Gasteiger partial charge in [-0.3, -0.25) is 4.79 Å². The Bertz CT molecular complexity index is 81.1. The first-order chi connectivity index (χ1) is 3.77. The Balaban J connectivity index is -0.000000109. The molecule has 3 heteroatoms. The maximum atomic E-state index is 9.75. The number of carbonyl (C=O) groups is 1. The third-order valence-corrected chi connectivity index (χ3v) is 0.249. The van der Waals surface area contributed by atoms with Gasteiger partial charge in [-0.15, -0.1) is 13.2 Å². The molecule has 0 aliphatic heterocycles. The summed E-state index contributed by atoms with van der Waals surface area (Å²) in [6.45, 7) is 10.5. The van der Waals surface area contributed by atoms with Crippen molar-refractivity contribution < 1.29 is 9.53 Å². The van der Waals surface area contributed by atoms with Crippen LogP contribution in [-0.4, -0.2) is 16.9 Å². The van der Waals surface area contributed by atoms with Crippen LogP contribution in [0.5, 0.6) is 0 Å². The van der Waals surface area contributed by atoms with Gasteiger partial charge in [0.2, 0.25) is 0 Å². The van der Waals surface area contributed by atoms with E-state index in [9.17, 15) is 4.79 Å². The van der Waals surface area contributed by atoms with Crippen molar-refractivity contribution in [2.24, 2.45) is 0 Å². The molecule has 9 heavy (non-hydrogen) atoms. The minimum Gasteiger partial charge on any atom is -0.435 e. The fourth-order valence-corrected chi connectivity index (χ4v) is 0.117. The summed E-state index contributed by atoms with van der Waals surface area (Å²) in [6, 6.07) is 0. The molecule has 0 unspecified atom stereocenters. The van der Waals surface area contributed by atoms with Crippen molar-refractivity contribution in [2.75, 3.05) is 0 Å². The van der Waals surface area contributed by atoms with Crippen molar-refractivity contribution in [1.29, 1.82) is 0 Å². The molecule has 0 spiro atoms. The van der Waals surface area contributed by atoms with Crippen LogP contribution in [-0.2, 0) is 9.53 Å². The standard InChI is InChI=1S/C4H6O2.C2H4.Si/c1-3-6-4(2)5;1-2;/h3H,1H2,2H3;1-2H2;. The van der Waals surface area contributed by atoms with E-state index < -0.39 is 0 Å². The molecule has 0 aromatic carbocycles. The van der Waals surface area contributed by atoms with Crippen molar-refractivity contribution in [3.63, 3.8) is 0 Å². The Morgan fingerprint density at radius 1 is 1.56 bits per heavy atom. The van der Waals surface area contributed by atoms with Crippen molar-refractivity contribution in [1.82, 2.24) is 0 Å². The molecule has 0 atom stereocenters. The highest BCUT2D eigenvalue weighted by atomic mass is 28.1. The minimum atomic E-state index is -0.329. The van der Waals surface area contributed by atoms with Crippen LogP contribution in [0.4, 0.5) is 0 Å². The van der Waals surface area contributed by atoms with Gasteiger partial charge < -0.3 is 4.74 Å². The molecule has 0 saturated heterocycles. The van der Waals surface area contributed by atoms with Crippen LogP contribution in [0.1, 0.15) is 6.92 Å². The molecule has 2 nitrogen and oxygen atoms in total. The molecule has 0 fully saturated rings.